The molecule has 2 heterocycles. The van der Waals surface area contributed by atoms with Crippen LogP contribution in [-0.2, 0) is 9.53 Å². The molecule has 1 aromatic heterocycles. The zero-order valence-corrected chi connectivity index (χ0v) is 11.9. The van der Waals surface area contributed by atoms with Crippen LogP contribution in [0.25, 0.3) is 21.4 Å². The molecule has 4 rings (SSSR count). The van der Waals surface area contributed by atoms with E-state index in [0.29, 0.717) is 12.2 Å². The minimum atomic E-state index is -0.284. The Hall–Kier alpha value is -2.46. The van der Waals surface area contributed by atoms with Gasteiger partial charge in [0, 0.05) is 5.57 Å². The van der Waals surface area contributed by atoms with Crippen molar-refractivity contribution in [3.63, 3.8) is 0 Å². The first-order chi connectivity index (χ1) is 10.3. The van der Waals surface area contributed by atoms with Gasteiger partial charge in [-0.25, -0.2) is 9.78 Å². The average molecular weight is 293 g/mol. The second-order valence-electron chi connectivity index (χ2n) is 4.78. The highest BCUT2D eigenvalue weighted by Gasteiger charge is 2.29. The van der Waals surface area contributed by atoms with Crippen molar-refractivity contribution in [1.29, 1.82) is 0 Å². The summed E-state index contributed by atoms with van der Waals surface area (Å²) in [5.74, 6) is -0.284. The quantitative estimate of drug-likeness (QED) is 0.675. The molecule has 21 heavy (non-hydrogen) atoms. The molecule has 2 aromatic carbocycles. The third kappa shape index (κ3) is 2.04. The van der Waals surface area contributed by atoms with E-state index in [1.165, 1.54) is 11.3 Å². The lowest BCUT2D eigenvalue weighted by Gasteiger charge is -2.01. The van der Waals surface area contributed by atoms with Crippen LogP contribution in [0.1, 0.15) is 10.6 Å². The van der Waals surface area contributed by atoms with Gasteiger partial charge in [0.25, 0.3) is 0 Å². The number of hydrogen-bond donors (Lipinski definition) is 0. The molecule has 1 aliphatic rings. The standard InChI is InChI=1S/C17H11NO2S/c19-17-15(12(10-20-17)11-6-2-1-3-7-11)16-18-13-8-4-5-9-14(13)21-16/h1-9H,10H2. The normalized spacial score (nSPS) is 14.8. The van der Waals surface area contributed by atoms with Gasteiger partial charge in [0.2, 0.25) is 0 Å². The van der Waals surface area contributed by atoms with E-state index in [1.54, 1.807) is 0 Å². The molecule has 0 radical (unpaired) electrons. The van der Waals surface area contributed by atoms with Crippen LogP contribution in [0.5, 0.6) is 0 Å². The summed E-state index contributed by atoms with van der Waals surface area (Å²) in [6.45, 7) is 0.314. The number of fused-ring (bicyclic) bond motifs is 1. The first kappa shape index (κ1) is 12.3. The van der Waals surface area contributed by atoms with Crippen LogP contribution in [0.4, 0.5) is 0 Å². The average Bonchev–Trinajstić information content (AvgIpc) is 3.11. The number of aromatic nitrogens is 1. The third-order valence-corrected chi connectivity index (χ3v) is 4.54. The lowest BCUT2D eigenvalue weighted by Crippen LogP contribution is -1.97. The Kier molecular flexibility index (Phi) is 2.82. The molecule has 0 fully saturated rings. The summed E-state index contributed by atoms with van der Waals surface area (Å²) < 4.78 is 6.31. The molecular formula is C17H11NO2S. The van der Waals surface area contributed by atoms with E-state index in [4.69, 9.17) is 4.74 Å². The van der Waals surface area contributed by atoms with E-state index in [-0.39, 0.29) is 5.97 Å². The zero-order chi connectivity index (χ0) is 14.2. The van der Waals surface area contributed by atoms with Gasteiger partial charge in [-0.2, -0.15) is 0 Å². The number of ether oxygens (including phenoxy) is 1. The molecule has 3 aromatic rings. The highest BCUT2D eigenvalue weighted by molar-refractivity contribution is 7.19. The Labute approximate surface area is 125 Å². The van der Waals surface area contributed by atoms with Gasteiger partial charge in [-0.05, 0) is 17.7 Å². The van der Waals surface area contributed by atoms with Gasteiger partial charge in [-0.1, -0.05) is 42.5 Å². The highest BCUT2D eigenvalue weighted by Crippen LogP contribution is 2.36. The smallest absolute Gasteiger partial charge is 0.341 e. The summed E-state index contributed by atoms with van der Waals surface area (Å²) in [4.78, 5) is 16.7. The molecule has 0 amide bonds. The van der Waals surface area contributed by atoms with E-state index >= 15 is 0 Å². The molecule has 3 nitrogen and oxygen atoms in total. The lowest BCUT2D eigenvalue weighted by atomic mass is 10.0. The predicted octanol–water partition coefficient (Wildman–Crippen LogP) is 3.76. The predicted molar refractivity (Wildman–Crippen MR) is 83.8 cm³/mol. The van der Waals surface area contributed by atoms with E-state index in [0.717, 1.165) is 26.4 Å². The van der Waals surface area contributed by atoms with Crippen molar-refractivity contribution >= 4 is 38.7 Å². The first-order valence-corrected chi connectivity index (χ1v) is 7.46. The van der Waals surface area contributed by atoms with Crippen LogP contribution in [0.2, 0.25) is 0 Å². The van der Waals surface area contributed by atoms with E-state index in [2.05, 4.69) is 4.98 Å². The number of cyclic esters (lactones) is 1. The van der Waals surface area contributed by atoms with Gasteiger partial charge in [0.15, 0.2) is 0 Å². The van der Waals surface area contributed by atoms with Crippen LogP contribution in [-0.4, -0.2) is 17.6 Å². The maximum Gasteiger partial charge on any atom is 0.341 e. The number of hydrogen-bond acceptors (Lipinski definition) is 4. The number of benzene rings is 2. The number of nitrogens with zero attached hydrogens (tertiary/aromatic N) is 1. The number of rotatable bonds is 2. The SMILES string of the molecule is O=C1OCC(c2ccccc2)=C1c1nc2ccccc2s1. The number of thiazole rings is 1. The summed E-state index contributed by atoms with van der Waals surface area (Å²) in [5.41, 5.74) is 3.44. The first-order valence-electron chi connectivity index (χ1n) is 6.64. The number of esters is 1. The monoisotopic (exact) mass is 293 g/mol. The molecule has 102 valence electrons. The lowest BCUT2D eigenvalue weighted by molar-refractivity contribution is -0.133. The minimum absolute atomic E-state index is 0.284. The van der Waals surface area contributed by atoms with Gasteiger partial charge in [-0.3, -0.25) is 0 Å². The summed E-state index contributed by atoms with van der Waals surface area (Å²) in [6.07, 6.45) is 0. The van der Waals surface area contributed by atoms with Crippen LogP contribution < -0.4 is 0 Å². The summed E-state index contributed by atoms with van der Waals surface area (Å²) in [5, 5.41) is 0.734. The van der Waals surface area contributed by atoms with Gasteiger partial charge in [0.1, 0.15) is 17.2 Å². The maximum atomic E-state index is 12.1. The van der Waals surface area contributed by atoms with Gasteiger partial charge < -0.3 is 4.74 Å². The van der Waals surface area contributed by atoms with Crippen LogP contribution >= 0.6 is 11.3 Å². The summed E-state index contributed by atoms with van der Waals surface area (Å²) >= 11 is 1.53. The van der Waals surface area contributed by atoms with E-state index in [9.17, 15) is 4.79 Å². The van der Waals surface area contributed by atoms with Crippen LogP contribution in [0.3, 0.4) is 0 Å². The second kappa shape index (κ2) is 4.82. The van der Waals surface area contributed by atoms with E-state index < -0.39 is 0 Å². The number of carbonyl (C=O) groups is 1. The molecule has 4 heteroatoms. The molecule has 0 saturated heterocycles. The number of carbonyl (C=O) groups excluding carboxylic acids is 1. The van der Waals surface area contributed by atoms with Crippen LogP contribution in [0.15, 0.2) is 54.6 Å². The Morgan fingerprint density at radius 1 is 1.00 bits per heavy atom. The fourth-order valence-corrected chi connectivity index (χ4v) is 3.49. The fraction of sp³-hybridized carbons (Fsp3) is 0.0588. The van der Waals surface area contributed by atoms with Gasteiger partial charge in [-0.15, -0.1) is 11.3 Å². The molecule has 0 N–H and O–H groups in total. The second-order valence-corrected chi connectivity index (χ2v) is 5.81. The Bertz CT molecular complexity index is 832. The summed E-state index contributed by atoms with van der Waals surface area (Å²) in [7, 11) is 0. The largest absolute Gasteiger partial charge is 0.457 e. The Morgan fingerprint density at radius 3 is 2.57 bits per heavy atom. The van der Waals surface area contributed by atoms with Crippen molar-refractivity contribution in [2.45, 2.75) is 0 Å². The van der Waals surface area contributed by atoms with Crippen molar-refractivity contribution in [2.75, 3.05) is 6.61 Å². The van der Waals surface area contributed by atoms with Gasteiger partial charge in [0.05, 0.1) is 10.2 Å². The topological polar surface area (TPSA) is 39.2 Å². The third-order valence-electron chi connectivity index (χ3n) is 3.48. The van der Waals surface area contributed by atoms with Gasteiger partial charge >= 0.3 is 5.97 Å². The maximum absolute atomic E-state index is 12.1. The molecule has 0 unspecified atom stereocenters. The zero-order valence-electron chi connectivity index (χ0n) is 11.1. The van der Waals surface area contributed by atoms with E-state index in [1.807, 2.05) is 54.6 Å². The van der Waals surface area contributed by atoms with Crippen molar-refractivity contribution in [3.8, 4) is 0 Å². The van der Waals surface area contributed by atoms with Crippen LogP contribution in [0, 0.1) is 0 Å². The number of para-hydroxylation sites is 1. The molecule has 0 bridgehead atoms. The molecule has 0 saturated carbocycles. The molecule has 0 spiro atoms. The fourth-order valence-electron chi connectivity index (χ4n) is 2.47. The highest BCUT2D eigenvalue weighted by atomic mass is 32.1. The Morgan fingerprint density at radius 2 is 1.76 bits per heavy atom. The molecule has 0 aliphatic carbocycles. The molecular weight excluding hydrogens is 282 g/mol. The van der Waals surface area contributed by atoms with Crippen molar-refractivity contribution in [1.82, 2.24) is 4.98 Å². The van der Waals surface area contributed by atoms with Crippen molar-refractivity contribution in [3.05, 3.63) is 65.2 Å². The molecule has 1 aliphatic heterocycles. The van der Waals surface area contributed by atoms with Crippen molar-refractivity contribution < 1.29 is 9.53 Å². The van der Waals surface area contributed by atoms with Crippen molar-refractivity contribution in [2.24, 2.45) is 0 Å². The Balaban J connectivity index is 1.92. The minimum Gasteiger partial charge on any atom is -0.457 e. The molecule has 0 atom stereocenters. The summed E-state index contributed by atoms with van der Waals surface area (Å²) in [6, 6.07) is 17.8.